The molecule has 2 heteroatoms. The molecule has 0 amide bonds. The summed E-state index contributed by atoms with van der Waals surface area (Å²) in [5.41, 5.74) is 2.26. The van der Waals surface area contributed by atoms with Crippen molar-refractivity contribution in [3.8, 4) is 0 Å². The predicted octanol–water partition coefficient (Wildman–Crippen LogP) is 4.42. The van der Waals surface area contributed by atoms with Crippen LogP contribution in [0.5, 0.6) is 0 Å². The third kappa shape index (κ3) is 1.76. The lowest BCUT2D eigenvalue weighted by Gasteiger charge is -2.55. The monoisotopic (exact) mass is 296 g/mol. The second-order valence-electron chi connectivity index (χ2n) is 6.10. The molecule has 0 N–H and O–H groups in total. The highest BCUT2D eigenvalue weighted by Gasteiger charge is 2.54. The molecule has 2 rings (SSSR count). The van der Waals surface area contributed by atoms with Gasteiger partial charge in [0.15, 0.2) is 5.78 Å². The lowest BCUT2D eigenvalue weighted by molar-refractivity contribution is -0.120. The Hall–Kier alpha value is -0.370. The highest BCUT2D eigenvalue weighted by Crippen LogP contribution is 2.60. The summed E-state index contributed by atoms with van der Waals surface area (Å²) in [7, 11) is 0. The molecule has 0 heterocycles. The lowest BCUT2D eigenvalue weighted by atomic mass is 9.51. The maximum atomic E-state index is 12.1. The van der Waals surface area contributed by atoms with Crippen LogP contribution in [-0.4, -0.2) is 10.6 Å². The lowest BCUT2D eigenvalue weighted by Crippen LogP contribution is -2.50. The summed E-state index contributed by atoms with van der Waals surface area (Å²) in [5, 5.41) is 0. The molecule has 94 valence electrons. The van der Waals surface area contributed by atoms with Crippen molar-refractivity contribution in [3.05, 3.63) is 23.8 Å². The van der Waals surface area contributed by atoms with E-state index in [1.165, 1.54) is 5.57 Å². The Morgan fingerprint density at radius 2 is 2.12 bits per heavy atom. The zero-order valence-electron chi connectivity index (χ0n) is 11.0. The van der Waals surface area contributed by atoms with Crippen molar-refractivity contribution in [2.24, 2.45) is 10.8 Å². The molecule has 1 saturated carbocycles. The number of carbonyl (C=O) groups excluding carboxylic acids is 1. The van der Waals surface area contributed by atoms with Crippen molar-refractivity contribution in [2.45, 2.75) is 51.3 Å². The standard InChI is InChI=1S/C15H21BrO/c1-10-7-8-15(9-12(10)17)11(2)5-6-13(16)14(15,3)4/h7,13H,2,5-6,8-9H2,1,3-4H3/t13?,15-/m0/s1. The van der Waals surface area contributed by atoms with Gasteiger partial charge in [-0.05, 0) is 37.2 Å². The fourth-order valence-corrected chi connectivity index (χ4v) is 4.01. The molecule has 1 spiro atoms. The highest BCUT2D eigenvalue weighted by molar-refractivity contribution is 9.09. The van der Waals surface area contributed by atoms with Crippen LogP contribution in [0.1, 0.15) is 46.5 Å². The molecule has 0 saturated heterocycles. The Morgan fingerprint density at radius 1 is 1.47 bits per heavy atom. The van der Waals surface area contributed by atoms with E-state index in [1.807, 2.05) is 6.92 Å². The first kappa shape index (κ1) is 13.1. The molecule has 0 aromatic heterocycles. The summed E-state index contributed by atoms with van der Waals surface area (Å²) in [6.07, 6.45) is 5.90. The van der Waals surface area contributed by atoms with Crippen LogP contribution in [0, 0.1) is 10.8 Å². The van der Waals surface area contributed by atoms with E-state index in [1.54, 1.807) is 0 Å². The molecular weight excluding hydrogens is 276 g/mol. The van der Waals surface area contributed by atoms with Crippen LogP contribution in [0.3, 0.4) is 0 Å². The number of hydrogen-bond acceptors (Lipinski definition) is 1. The zero-order valence-corrected chi connectivity index (χ0v) is 12.6. The van der Waals surface area contributed by atoms with Gasteiger partial charge < -0.3 is 0 Å². The molecule has 0 aromatic carbocycles. The molecular formula is C15H21BrO. The number of hydrogen-bond donors (Lipinski definition) is 0. The Bertz CT molecular complexity index is 405. The minimum Gasteiger partial charge on any atom is -0.295 e. The van der Waals surface area contributed by atoms with Crippen LogP contribution >= 0.6 is 15.9 Å². The highest BCUT2D eigenvalue weighted by atomic mass is 79.9. The maximum Gasteiger partial charge on any atom is 0.159 e. The van der Waals surface area contributed by atoms with E-state index >= 15 is 0 Å². The van der Waals surface area contributed by atoms with E-state index in [9.17, 15) is 4.79 Å². The Balaban J connectivity index is 2.47. The van der Waals surface area contributed by atoms with E-state index in [-0.39, 0.29) is 10.8 Å². The average Bonchev–Trinajstić information content (AvgIpc) is 2.27. The first-order valence-corrected chi connectivity index (χ1v) is 7.25. The van der Waals surface area contributed by atoms with Crippen LogP contribution < -0.4 is 0 Å². The van der Waals surface area contributed by atoms with Crippen molar-refractivity contribution in [1.29, 1.82) is 0 Å². The van der Waals surface area contributed by atoms with Gasteiger partial charge >= 0.3 is 0 Å². The summed E-state index contributed by atoms with van der Waals surface area (Å²) < 4.78 is 0. The third-order valence-electron chi connectivity index (χ3n) is 5.05. The molecule has 1 fully saturated rings. The van der Waals surface area contributed by atoms with Crippen molar-refractivity contribution in [1.82, 2.24) is 0 Å². The third-order valence-corrected chi connectivity index (χ3v) is 6.65. The number of ketones is 1. The molecule has 0 aromatic rings. The van der Waals surface area contributed by atoms with Gasteiger partial charge in [0, 0.05) is 16.7 Å². The van der Waals surface area contributed by atoms with Crippen LogP contribution in [0.2, 0.25) is 0 Å². The number of halogens is 1. The van der Waals surface area contributed by atoms with E-state index in [4.69, 9.17) is 0 Å². The molecule has 0 aliphatic heterocycles. The van der Waals surface area contributed by atoms with Gasteiger partial charge in [-0.15, -0.1) is 0 Å². The van der Waals surface area contributed by atoms with E-state index in [0.29, 0.717) is 17.0 Å². The summed E-state index contributed by atoms with van der Waals surface area (Å²) in [6.45, 7) is 10.8. The van der Waals surface area contributed by atoms with Crippen molar-refractivity contribution < 1.29 is 4.79 Å². The molecule has 2 aliphatic carbocycles. The number of carbonyl (C=O) groups is 1. The first-order chi connectivity index (χ1) is 7.81. The predicted molar refractivity (Wildman–Crippen MR) is 75.3 cm³/mol. The van der Waals surface area contributed by atoms with E-state index < -0.39 is 0 Å². The average molecular weight is 297 g/mol. The van der Waals surface area contributed by atoms with E-state index in [2.05, 4.69) is 42.4 Å². The fraction of sp³-hybridized carbons (Fsp3) is 0.667. The van der Waals surface area contributed by atoms with Gasteiger partial charge in [0.1, 0.15) is 0 Å². The minimum absolute atomic E-state index is 0.0317. The number of rotatable bonds is 0. The summed E-state index contributed by atoms with van der Waals surface area (Å²) in [5.74, 6) is 0.298. The van der Waals surface area contributed by atoms with Gasteiger partial charge in [-0.1, -0.05) is 48.0 Å². The first-order valence-electron chi connectivity index (χ1n) is 6.33. The zero-order chi connectivity index (χ0) is 12.8. The van der Waals surface area contributed by atoms with Gasteiger partial charge in [0.25, 0.3) is 0 Å². The molecule has 0 radical (unpaired) electrons. The number of Topliss-reactive ketones (excluding diaryl/α,β-unsaturated/α-hetero) is 1. The van der Waals surface area contributed by atoms with Gasteiger partial charge in [-0.3, -0.25) is 4.79 Å². The van der Waals surface area contributed by atoms with Crippen LogP contribution in [0.4, 0.5) is 0 Å². The van der Waals surface area contributed by atoms with Gasteiger partial charge in [-0.2, -0.15) is 0 Å². The SMILES string of the molecule is C=C1CCC(Br)C(C)(C)[C@]12CC=C(C)C(=O)C2. The van der Waals surface area contributed by atoms with Crippen molar-refractivity contribution >= 4 is 21.7 Å². The maximum absolute atomic E-state index is 12.1. The summed E-state index contributed by atoms with van der Waals surface area (Å²) in [4.78, 5) is 12.6. The summed E-state index contributed by atoms with van der Waals surface area (Å²) >= 11 is 3.81. The van der Waals surface area contributed by atoms with Crippen LogP contribution in [-0.2, 0) is 4.79 Å². The van der Waals surface area contributed by atoms with Crippen LogP contribution in [0.15, 0.2) is 23.8 Å². The Morgan fingerprint density at radius 3 is 2.71 bits per heavy atom. The van der Waals surface area contributed by atoms with Crippen molar-refractivity contribution in [2.75, 3.05) is 0 Å². The van der Waals surface area contributed by atoms with Gasteiger partial charge in [0.2, 0.25) is 0 Å². The topological polar surface area (TPSA) is 17.1 Å². The molecule has 1 nitrogen and oxygen atoms in total. The normalized spacial score (nSPS) is 37.2. The largest absolute Gasteiger partial charge is 0.295 e. The number of allylic oxidation sites excluding steroid dienone is 3. The Kier molecular flexibility index (Phi) is 3.14. The smallest absolute Gasteiger partial charge is 0.159 e. The molecule has 2 aliphatic rings. The van der Waals surface area contributed by atoms with Gasteiger partial charge in [0.05, 0.1) is 0 Å². The number of alkyl halides is 1. The fourth-order valence-electron chi connectivity index (χ4n) is 3.34. The van der Waals surface area contributed by atoms with Crippen molar-refractivity contribution in [3.63, 3.8) is 0 Å². The van der Waals surface area contributed by atoms with E-state index in [0.717, 1.165) is 24.8 Å². The molecule has 1 unspecified atom stereocenters. The molecule has 0 bridgehead atoms. The van der Waals surface area contributed by atoms with Gasteiger partial charge in [-0.25, -0.2) is 0 Å². The molecule has 2 atom stereocenters. The van der Waals surface area contributed by atoms with Crippen LogP contribution in [0.25, 0.3) is 0 Å². The quantitative estimate of drug-likeness (QED) is 0.478. The molecule has 17 heavy (non-hydrogen) atoms. The summed E-state index contributed by atoms with van der Waals surface area (Å²) in [6, 6.07) is 0. The Labute approximate surface area is 112 Å². The minimum atomic E-state index is -0.0317. The second-order valence-corrected chi connectivity index (χ2v) is 7.21. The second kappa shape index (κ2) is 4.08.